The number of ether oxygens (including phenoxy) is 1. The smallest absolute Gasteiger partial charge is 0.338 e. The normalized spacial score (nSPS) is 10.7. The molecule has 0 bridgehead atoms. The lowest BCUT2D eigenvalue weighted by Gasteiger charge is -2.10. The van der Waals surface area contributed by atoms with Gasteiger partial charge in [0.2, 0.25) is 5.88 Å². The third kappa shape index (κ3) is 3.54. The standard InChI is InChI=1S/C17H12F3N5O3/c1-2-28-16-9(18)3-7(5-23-16)10-4-8(17(26)27)12(19)13(24-10)11-6-22-15(21)14(20)25-11/h3-6H,2H2,1H3,(H2,21,22)(H,26,27). The molecule has 0 aromatic carbocycles. The number of halogens is 3. The fraction of sp³-hybridized carbons (Fsp3) is 0.118. The van der Waals surface area contributed by atoms with Gasteiger partial charge in [0.05, 0.1) is 24.1 Å². The first-order valence-corrected chi connectivity index (χ1v) is 7.82. The topological polar surface area (TPSA) is 124 Å². The number of nitrogens with two attached hydrogens (primary N) is 1. The van der Waals surface area contributed by atoms with Crippen LogP contribution in [0.4, 0.5) is 19.0 Å². The summed E-state index contributed by atoms with van der Waals surface area (Å²) in [4.78, 5) is 26.1. The summed E-state index contributed by atoms with van der Waals surface area (Å²) in [5, 5.41) is 9.27. The highest BCUT2D eigenvalue weighted by atomic mass is 19.1. The van der Waals surface area contributed by atoms with Gasteiger partial charge in [-0.3, -0.25) is 0 Å². The minimum absolute atomic E-state index is 0.0496. The molecule has 144 valence electrons. The van der Waals surface area contributed by atoms with Gasteiger partial charge in [-0.05, 0) is 19.1 Å². The molecule has 3 heterocycles. The zero-order valence-corrected chi connectivity index (χ0v) is 14.3. The van der Waals surface area contributed by atoms with E-state index in [0.29, 0.717) is 0 Å². The molecule has 28 heavy (non-hydrogen) atoms. The number of aromatic carboxylic acids is 1. The molecule has 11 heteroatoms. The van der Waals surface area contributed by atoms with Crippen molar-refractivity contribution in [3.63, 3.8) is 0 Å². The van der Waals surface area contributed by atoms with E-state index in [0.717, 1.165) is 18.3 Å². The highest BCUT2D eigenvalue weighted by molar-refractivity contribution is 5.91. The van der Waals surface area contributed by atoms with Crippen LogP contribution in [-0.2, 0) is 0 Å². The second-order valence-electron chi connectivity index (χ2n) is 5.40. The maximum atomic E-state index is 14.6. The Bertz CT molecular complexity index is 1080. The number of carboxylic acid groups (broad SMARTS) is 1. The van der Waals surface area contributed by atoms with Crippen molar-refractivity contribution in [2.45, 2.75) is 6.92 Å². The van der Waals surface area contributed by atoms with E-state index in [1.165, 1.54) is 6.20 Å². The number of nitrogens with zero attached hydrogens (tertiary/aromatic N) is 4. The number of anilines is 1. The van der Waals surface area contributed by atoms with Gasteiger partial charge >= 0.3 is 5.97 Å². The van der Waals surface area contributed by atoms with Gasteiger partial charge in [0.25, 0.3) is 5.95 Å². The highest BCUT2D eigenvalue weighted by Crippen LogP contribution is 2.29. The third-order valence-electron chi connectivity index (χ3n) is 3.57. The molecule has 3 aromatic rings. The second-order valence-corrected chi connectivity index (χ2v) is 5.40. The van der Waals surface area contributed by atoms with Crippen LogP contribution in [0.15, 0.2) is 24.5 Å². The first-order valence-electron chi connectivity index (χ1n) is 7.82. The Morgan fingerprint density at radius 1 is 1.14 bits per heavy atom. The summed E-state index contributed by atoms with van der Waals surface area (Å²) in [5.41, 5.74) is 3.43. The first kappa shape index (κ1) is 19.0. The number of hydrogen-bond acceptors (Lipinski definition) is 7. The van der Waals surface area contributed by atoms with Crippen molar-refractivity contribution in [3.05, 3.63) is 47.7 Å². The number of carbonyl (C=O) groups is 1. The average molecular weight is 391 g/mol. The minimum atomic E-state index is -1.61. The largest absolute Gasteiger partial charge is 0.478 e. The fourth-order valence-corrected chi connectivity index (χ4v) is 2.30. The van der Waals surface area contributed by atoms with Crippen LogP contribution in [0, 0.1) is 17.6 Å². The van der Waals surface area contributed by atoms with Crippen LogP contribution in [0.2, 0.25) is 0 Å². The van der Waals surface area contributed by atoms with E-state index >= 15 is 0 Å². The van der Waals surface area contributed by atoms with E-state index in [2.05, 4.69) is 19.9 Å². The zero-order valence-electron chi connectivity index (χ0n) is 14.3. The van der Waals surface area contributed by atoms with E-state index in [9.17, 15) is 23.1 Å². The number of pyridine rings is 2. The van der Waals surface area contributed by atoms with E-state index < -0.39 is 40.6 Å². The van der Waals surface area contributed by atoms with Gasteiger partial charge in [0.15, 0.2) is 17.5 Å². The van der Waals surface area contributed by atoms with Crippen molar-refractivity contribution in [1.29, 1.82) is 0 Å². The number of rotatable bonds is 5. The molecule has 3 N–H and O–H groups in total. The summed E-state index contributed by atoms with van der Waals surface area (Å²) in [6.45, 7) is 1.83. The van der Waals surface area contributed by atoms with Crippen molar-refractivity contribution >= 4 is 11.8 Å². The number of hydrogen-bond donors (Lipinski definition) is 2. The molecule has 3 rings (SSSR count). The van der Waals surface area contributed by atoms with E-state index in [1.54, 1.807) is 6.92 Å². The van der Waals surface area contributed by atoms with Crippen LogP contribution in [0.5, 0.6) is 5.88 Å². The van der Waals surface area contributed by atoms with Gasteiger partial charge in [0, 0.05) is 11.8 Å². The lowest BCUT2D eigenvalue weighted by molar-refractivity contribution is 0.0692. The molecule has 0 aliphatic rings. The molecule has 0 aliphatic carbocycles. The van der Waals surface area contributed by atoms with Crippen molar-refractivity contribution in [1.82, 2.24) is 19.9 Å². The summed E-state index contributed by atoms with van der Waals surface area (Å²) in [6, 6.07) is 1.90. The monoisotopic (exact) mass is 391 g/mol. The Kier molecular flexibility index (Phi) is 5.07. The van der Waals surface area contributed by atoms with Crippen molar-refractivity contribution in [2.24, 2.45) is 0 Å². The van der Waals surface area contributed by atoms with Crippen molar-refractivity contribution in [2.75, 3.05) is 12.3 Å². The molecule has 0 aliphatic heterocycles. The molecule has 0 atom stereocenters. The molecule has 8 nitrogen and oxygen atoms in total. The molecule has 0 spiro atoms. The lowest BCUT2D eigenvalue weighted by Crippen LogP contribution is -2.08. The SMILES string of the molecule is CCOc1ncc(-c2cc(C(=O)O)c(F)c(-c3cnc(N)c(F)n3)n2)cc1F. The van der Waals surface area contributed by atoms with Gasteiger partial charge in [-0.25, -0.2) is 33.5 Å². The van der Waals surface area contributed by atoms with Crippen LogP contribution in [0.25, 0.3) is 22.6 Å². The van der Waals surface area contributed by atoms with Crippen LogP contribution in [0.3, 0.4) is 0 Å². The van der Waals surface area contributed by atoms with Crippen molar-refractivity contribution in [3.8, 4) is 28.5 Å². The summed E-state index contributed by atoms with van der Waals surface area (Å²) < 4.78 is 47.3. The van der Waals surface area contributed by atoms with Crippen LogP contribution in [-0.4, -0.2) is 37.6 Å². The average Bonchev–Trinajstić information content (AvgIpc) is 2.66. The van der Waals surface area contributed by atoms with E-state index in [4.69, 9.17) is 10.5 Å². The fourth-order valence-electron chi connectivity index (χ4n) is 2.30. The van der Waals surface area contributed by atoms with Gasteiger partial charge in [0.1, 0.15) is 11.4 Å². The van der Waals surface area contributed by atoms with Gasteiger partial charge in [-0.2, -0.15) is 4.39 Å². The Morgan fingerprint density at radius 2 is 1.89 bits per heavy atom. The molecular formula is C17H12F3N5O3. The Balaban J connectivity index is 2.20. The third-order valence-corrected chi connectivity index (χ3v) is 3.57. The highest BCUT2D eigenvalue weighted by Gasteiger charge is 2.22. The van der Waals surface area contributed by atoms with E-state index in [-0.39, 0.29) is 29.4 Å². The molecule has 0 unspecified atom stereocenters. The number of aromatic nitrogens is 4. The van der Waals surface area contributed by atoms with Gasteiger partial charge < -0.3 is 15.6 Å². The van der Waals surface area contributed by atoms with Crippen LogP contribution in [0.1, 0.15) is 17.3 Å². The molecular weight excluding hydrogens is 379 g/mol. The molecule has 0 saturated carbocycles. The van der Waals surface area contributed by atoms with Crippen molar-refractivity contribution < 1.29 is 27.8 Å². The maximum Gasteiger partial charge on any atom is 0.338 e. The Hall–Kier alpha value is -3.76. The summed E-state index contributed by atoms with van der Waals surface area (Å²) in [7, 11) is 0. The summed E-state index contributed by atoms with van der Waals surface area (Å²) >= 11 is 0. The molecule has 0 radical (unpaired) electrons. The molecule has 3 aromatic heterocycles. The van der Waals surface area contributed by atoms with Gasteiger partial charge in [-0.15, -0.1) is 0 Å². The van der Waals surface area contributed by atoms with Crippen LogP contribution < -0.4 is 10.5 Å². The maximum absolute atomic E-state index is 14.6. The quantitative estimate of drug-likeness (QED) is 0.680. The molecule has 0 saturated heterocycles. The van der Waals surface area contributed by atoms with Crippen LogP contribution >= 0.6 is 0 Å². The first-order chi connectivity index (χ1) is 13.3. The van der Waals surface area contributed by atoms with Gasteiger partial charge in [-0.1, -0.05) is 0 Å². The zero-order chi connectivity index (χ0) is 20.4. The predicted octanol–water partition coefficient (Wildman–Crippen LogP) is 2.70. The Morgan fingerprint density at radius 3 is 2.50 bits per heavy atom. The lowest BCUT2D eigenvalue weighted by atomic mass is 10.1. The molecule has 0 amide bonds. The Labute approximate surface area is 155 Å². The second kappa shape index (κ2) is 7.47. The summed E-state index contributed by atoms with van der Waals surface area (Å²) in [6.07, 6.45) is 2.12. The number of nitrogen functional groups attached to an aromatic ring is 1. The molecule has 0 fully saturated rings. The summed E-state index contributed by atoms with van der Waals surface area (Å²) in [5.74, 6) is -5.62. The predicted molar refractivity (Wildman–Crippen MR) is 90.9 cm³/mol. The minimum Gasteiger partial charge on any atom is -0.478 e. The van der Waals surface area contributed by atoms with E-state index in [1.807, 2.05) is 0 Å². The number of carboxylic acids is 1.